The van der Waals surface area contributed by atoms with E-state index in [1.807, 2.05) is 6.07 Å². The summed E-state index contributed by atoms with van der Waals surface area (Å²) in [5.74, 6) is -0.291. The Bertz CT molecular complexity index is 221. The molecule has 3 radical (unpaired) electrons. The average Bonchev–Trinajstić information content (AvgIpc) is 2.05. The van der Waals surface area contributed by atoms with Gasteiger partial charge in [-0.25, -0.2) is 4.79 Å². The molecule has 0 aliphatic rings. The first-order chi connectivity index (χ1) is 4.84. The highest BCUT2D eigenvalue weighted by Gasteiger charge is 2.00. The Kier molecular flexibility index (Phi) is 4.04. The molecule has 3 heteroatoms. The highest BCUT2D eigenvalue weighted by molar-refractivity contribution is 5.89. The second kappa shape index (κ2) is 4.55. The van der Waals surface area contributed by atoms with Crippen molar-refractivity contribution in [2.45, 2.75) is 0 Å². The lowest BCUT2D eigenvalue weighted by Crippen LogP contribution is -1.99. The van der Waals surface area contributed by atoms with E-state index < -0.39 is 0 Å². The summed E-state index contributed by atoms with van der Waals surface area (Å²) in [5, 5.41) is 0. The topological polar surface area (TPSA) is 26.3 Å². The number of methoxy groups -OCH3 is 1. The van der Waals surface area contributed by atoms with Crippen molar-refractivity contribution in [3.05, 3.63) is 35.9 Å². The van der Waals surface area contributed by atoms with Gasteiger partial charge >= 0.3 is 5.97 Å². The van der Waals surface area contributed by atoms with Crippen LogP contribution in [-0.2, 0) is 4.74 Å². The molecule has 0 heterocycles. The highest BCUT2D eigenvalue weighted by atomic mass is 16.5. The number of hydrogen-bond acceptors (Lipinski definition) is 2. The molecule has 0 saturated heterocycles. The summed E-state index contributed by atoms with van der Waals surface area (Å²) in [6.45, 7) is 0. The van der Waals surface area contributed by atoms with Crippen LogP contribution in [0, 0.1) is 0 Å². The van der Waals surface area contributed by atoms with E-state index in [9.17, 15) is 4.79 Å². The number of benzene rings is 1. The van der Waals surface area contributed by atoms with E-state index >= 15 is 0 Å². The van der Waals surface area contributed by atoms with Crippen molar-refractivity contribution in [3.8, 4) is 0 Å². The fraction of sp³-hybridized carbons (Fsp3) is 0.125. The standard InChI is InChI=1S/C8H8O2.B/c1-10-8(9)7-5-3-2-4-6-7;/h2-6H,1H3;. The van der Waals surface area contributed by atoms with Crippen molar-refractivity contribution < 1.29 is 9.53 Å². The van der Waals surface area contributed by atoms with Crippen LogP contribution in [0.15, 0.2) is 30.3 Å². The zero-order chi connectivity index (χ0) is 7.40. The summed E-state index contributed by atoms with van der Waals surface area (Å²) >= 11 is 0. The highest BCUT2D eigenvalue weighted by Crippen LogP contribution is 1.98. The van der Waals surface area contributed by atoms with Gasteiger partial charge < -0.3 is 4.74 Å². The molecule has 1 aromatic rings. The van der Waals surface area contributed by atoms with Gasteiger partial charge in [-0.3, -0.25) is 0 Å². The van der Waals surface area contributed by atoms with Gasteiger partial charge in [0.25, 0.3) is 0 Å². The molecule has 0 saturated carbocycles. The number of hydrogen-bond donors (Lipinski definition) is 0. The van der Waals surface area contributed by atoms with E-state index in [-0.39, 0.29) is 14.4 Å². The number of carbonyl (C=O) groups excluding carboxylic acids is 1. The van der Waals surface area contributed by atoms with Crippen molar-refractivity contribution in [1.29, 1.82) is 0 Å². The molecule has 0 atom stereocenters. The van der Waals surface area contributed by atoms with Gasteiger partial charge in [-0.05, 0) is 12.1 Å². The number of rotatable bonds is 1. The molecule has 0 aromatic heterocycles. The van der Waals surface area contributed by atoms with Crippen LogP contribution < -0.4 is 0 Å². The zero-order valence-corrected chi connectivity index (χ0v) is 6.28. The first-order valence-electron chi connectivity index (χ1n) is 2.98. The van der Waals surface area contributed by atoms with Crippen LogP contribution in [0.1, 0.15) is 10.4 Å². The summed E-state index contributed by atoms with van der Waals surface area (Å²) in [4.78, 5) is 10.8. The molecular weight excluding hydrogens is 139 g/mol. The SMILES string of the molecule is COC(=O)c1ccccc1.[B]. The molecule has 1 aromatic carbocycles. The second-order valence-electron chi connectivity index (χ2n) is 1.86. The van der Waals surface area contributed by atoms with Crippen LogP contribution in [0.5, 0.6) is 0 Å². The molecule has 0 amide bonds. The lowest BCUT2D eigenvalue weighted by atomic mass is 10.2. The second-order valence-corrected chi connectivity index (χ2v) is 1.86. The van der Waals surface area contributed by atoms with Gasteiger partial charge in [-0.2, -0.15) is 0 Å². The lowest BCUT2D eigenvalue weighted by Gasteiger charge is -1.95. The van der Waals surface area contributed by atoms with Gasteiger partial charge in [-0.1, -0.05) is 18.2 Å². The van der Waals surface area contributed by atoms with Gasteiger partial charge in [0.05, 0.1) is 12.7 Å². The first kappa shape index (κ1) is 9.75. The maximum Gasteiger partial charge on any atom is 0.337 e. The van der Waals surface area contributed by atoms with Crippen LogP contribution in [0.2, 0.25) is 0 Å². The van der Waals surface area contributed by atoms with Crippen LogP contribution in [0.3, 0.4) is 0 Å². The third-order valence-corrected chi connectivity index (χ3v) is 1.19. The predicted molar refractivity (Wildman–Crippen MR) is 43.5 cm³/mol. The number of carbonyl (C=O) groups is 1. The third-order valence-electron chi connectivity index (χ3n) is 1.19. The largest absolute Gasteiger partial charge is 0.465 e. The number of esters is 1. The predicted octanol–water partition coefficient (Wildman–Crippen LogP) is 1.09. The van der Waals surface area contributed by atoms with E-state index in [0.717, 1.165) is 0 Å². The maximum absolute atomic E-state index is 10.8. The quantitative estimate of drug-likeness (QED) is 0.439. The lowest BCUT2D eigenvalue weighted by molar-refractivity contribution is 0.0601. The minimum Gasteiger partial charge on any atom is -0.465 e. The molecule has 0 N–H and O–H groups in total. The molecule has 55 valence electrons. The Balaban J connectivity index is 0.000001000. The minimum absolute atomic E-state index is 0. The van der Waals surface area contributed by atoms with Crippen LogP contribution in [0.4, 0.5) is 0 Å². The van der Waals surface area contributed by atoms with Gasteiger partial charge in [0.1, 0.15) is 0 Å². The molecule has 2 nitrogen and oxygen atoms in total. The Morgan fingerprint density at radius 1 is 1.27 bits per heavy atom. The fourth-order valence-corrected chi connectivity index (χ4v) is 0.692. The van der Waals surface area contributed by atoms with E-state index in [4.69, 9.17) is 0 Å². The summed E-state index contributed by atoms with van der Waals surface area (Å²) in [7, 11) is 1.37. The molecule has 0 aliphatic carbocycles. The smallest absolute Gasteiger partial charge is 0.337 e. The molecule has 0 unspecified atom stereocenters. The Morgan fingerprint density at radius 3 is 2.27 bits per heavy atom. The Hall–Kier alpha value is -1.25. The van der Waals surface area contributed by atoms with Crippen LogP contribution in [0.25, 0.3) is 0 Å². The third kappa shape index (κ3) is 2.46. The Morgan fingerprint density at radius 2 is 1.82 bits per heavy atom. The fourth-order valence-electron chi connectivity index (χ4n) is 0.692. The van der Waals surface area contributed by atoms with Crippen molar-refractivity contribution in [3.63, 3.8) is 0 Å². The first-order valence-corrected chi connectivity index (χ1v) is 2.98. The maximum atomic E-state index is 10.8. The molecule has 0 spiro atoms. The molecule has 0 aliphatic heterocycles. The Labute approximate surface area is 67.8 Å². The van der Waals surface area contributed by atoms with Crippen molar-refractivity contribution in [2.24, 2.45) is 0 Å². The summed E-state index contributed by atoms with van der Waals surface area (Å²) < 4.78 is 4.50. The zero-order valence-electron chi connectivity index (χ0n) is 6.28. The van der Waals surface area contributed by atoms with E-state index in [1.165, 1.54) is 7.11 Å². The van der Waals surface area contributed by atoms with Gasteiger partial charge in [0, 0.05) is 8.41 Å². The van der Waals surface area contributed by atoms with E-state index in [1.54, 1.807) is 24.3 Å². The number of ether oxygens (including phenoxy) is 1. The summed E-state index contributed by atoms with van der Waals surface area (Å²) in [5.41, 5.74) is 0.588. The van der Waals surface area contributed by atoms with Crippen LogP contribution >= 0.6 is 0 Å². The van der Waals surface area contributed by atoms with E-state index in [2.05, 4.69) is 4.74 Å². The molecule has 11 heavy (non-hydrogen) atoms. The molecular formula is C8H8BO2. The average molecular weight is 147 g/mol. The van der Waals surface area contributed by atoms with Crippen molar-refractivity contribution in [2.75, 3.05) is 7.11 Å². The monoisotopic (exact) mass is 147 g/mol. The summed E-state index contributed by atoms with van der Waals surface area (Å²) in [6.07, 6.45) is 0. The van der Waals surface area contributed by atoms with E-state index in [0.29, 0.717) is 5.56 Å². The van der Waals surface area contributed by atoms with Crippen molar-refractivity contribution in [1.82, 2.24) is 0 Å². The van der Waals surface area contributed by atoms with Crippen molar-refractivity contribution >= 4 is 14.4 Å². The normalized spacial score (nSPS) is 8.09. The minimum atomic E-state index is -0.291. The van der Waals surface area contributed by atoms with Gasteiger partial charge in [-0.15, -0.1) is 0 Å². The molecule has 0 fully saturated rings. The van der Waals surface area contributed by atoms with Gasteiger partial charge in [0.2, 0.25) is 0 Å². The molecule has 1 rings (SSSR count). The summed E-state index contributed by atoms with van der Waals surface area (Å²) in [6, 6.07) is 8.88. The molecule has 0 bridgehead atoms. The van der Waals surface area contributed by atoms with Crippen LogP contribution in [-0.4, -0.2) is 21.5 Å². The van der Waals surface area contributed by atoms with Gasteiger partial charge in [0.15, 0.2) is 0 Å².